The Morgan fingerprint density at radius 3 is 2.64 bits per heavy atom. The van der Waals surface area contributed by atoms with E-state index in [2.05, 4.69) is 0 Å². The molecule has 3 rings (SSSR count). The molecule has 0 saturated carbocycles. The van der Waals surface area contributed by atoms with Gasteiger partial charge >= 0.3 is 5.97 Å². The topological polar surface area (TPSA) is 67.5 Å². The molecule has 2 aromatic carbocycles. The summed E-state index contributed by atoms with van der Waals surface area (Å²) in [7, 11) is 0. The van der Waals surface area contributed by atoms with Gasteiger partial charge in [-0.3, -0.25) is 9.59 Å². The van der Waals surface area contributed by atoms with Crippen molar-refractivity contribution in [2.24, 2.45) is 0 Å². The van der Waals surface area contributed by atoms with E-state index >= 15 is 0 Å². The minimum atomic E-state index is -0.983. The van der Waals surface area contributed by atoms with Crippen molar-refractivity contribution < 1.29 is 14.3 Å². The summed E-state index contributed by atoms with van der Waals surface area (Å²) >= 11 is 5.96. The summed E-state index contributed by atoms with van der Waals surface area (Å²) in [4.78, 5) is 23.2. The van der Waals surface area contributed by atoms with Crippen LogP contribution < -0.4 is 5.43 Å². The second-order valence-electron chi connectivity index (χ2n) is 4.85. The fourth-order valence-corrected chi connectivity index (χ4v) is 2.51. The highest BCUT2D eigenvalue weighted by Gasteiger charge is 2.12. The molecule has 0 spiro atoms. The van der Waals surface area contributed by atoms with Gasteiger partial charge in [0, 0.05) is 22.2 Å². The number of halogens is 1. The van der Waals surface area contributed by atoms with E-state index in [-0.39, 0.29) is 11.8 Å². The molecule has 5 heteroatoms. The first-order valence-electron chi connectivity index (χ1n) is 6.58. The monoisotopic (exact) mass is 314 g/mol. The first-order valence-corrected chi connectivity index (χ1v) is 6.96. The van der Waals surface area contributed by atoms with Crippen LogP contribution in [0.4, 0.5) is 0 Å². The van der Waals surface area contributed by atoms with Crippen molar-refractivity contribution in [3.8, 4) is 11.3 Å². The minimum absolute atomic E-state index is 0.209. The maximum atomic E-state index is 12.3. The zero-order valence-electron chi connectivity index (χ0n) is 11.4. The average Bonchev–Trinajstić information content (AvgIpc) is 2.47. The lowest BCUT2D eigenvalue weighted by molar-refractivity contribution is -0.136. The second kappa shape index (κ2) is 5.66. The van der Waals surface area contributed by atoms with E-state index in [4.69, 9.17) is 21.1 Å². The molecule has 0 amide bonds. The van der Waals surface area contributed by atoms with Crippen molar-refractivity contribution in [3.05, 3.63) is 69.3 Å². The zero-order valence-corrected chi connectivity index (χ0v) is 12.1. The number of rotatable bonds is 3. The molecule has 3 aromatic rings. The highest BCUT2D eigenvalue weighted by atomic mass is 35.5. The molecular weight excluding hydrogens is 304 g/mol. The van der Waals surface area contributed by atoms with Crippen LogP contribution >= 0.6 is 11.6 Å². The summed E-state index contributed by atoms with van der Waals surface area (Å²) in [6.07, 6.45) is -0.209. The summed E-state index contributed by atoms with van der Waals surface area (Å²) in [5.74, 6) is -0.624. The van der Waals surface area contributed by atoms with Crippen LogP contribution in [0.25, 0.3) is 22.3 Å². The molecule has 0 fully saturated rings. The Hall–Kier alpha value is -2.59. The Kier molecular flexibility index (Phi) is 3.69. The third-order valence-corrected chi connectivity index (χ3v) is 3.52. The fourth-order valence-electron chi connectivity index (χ4n) is 2.32. The van der Waals surface area contributed by atoms with Gasteiger partial charge in [0.2, 0.25) is 0 Å². The van der Waals surface area contributed by atoms with Crippen molar-refractivity contribution in [3.63, 3.8) is 0 Å². The van der Waals surface area contributed by atoms with Crippen LogP contribution in [0.5, 0.6) is 0 Å². The number of benzene rings is 2. The van der Waals surface area contributed by atoms with E-state index in [1.807, 2.05) is 0 Å². The molecule has 22 heavy (non-hydrogen) atoms. The lowest BCUT2D eigenvalue weighted by Crippen LogP contribution is -2.05. The number of hydrogen-bond acceptors (Lipinski definition) is 3. The maximum absolute atomic E-state index is 12.3. The van der Waals surface area contributed by atoms with Gasteiger partial charge in [-0.15, -0.1) is 0 Å². The lowest BCUT2D eigenvalue weighted by atomic mass is 10.1. The average molecular weight is 315 g/mol. The molecular formula is C17H11ClO4. The van der Waals surface area contributed by atoms with Crippen LogP contribution in [-0.4, -0.2) is 11.1 Å². The number of carbonyl (C=O) groups is 1. The molecule has 110 valence electrons. The van der Waals surface area contributed by atoms with Gasteiger partial charge in [-0.25, -0.2) is 0 Å². The van der Waals surface area contributed by atoms with Crippen molar-refractivity contribution in [1.82, 2.24) is 0 Å². The quantitative estimate of drug-likeness (QED) is 0.799. The smallest absolute Gasteiger partial charge is 0.307 e. The van der Waals surface area contributed by atoms with E-state index < -0.39 is 5.97 Å². The molecule has 0 atom stereocenters. The molecule has 0 saturated heterocycles. The molecule has 1 aromatic heterocycles. The summed E-state index contributed by atoms with van der Waals surface area (Å²) < 4.78 is 5.79. The van der Waals surface area contributed by atoms with Crippen LogP contribution in [0, 0.1) is 0 Å². The van der Waals surface area contributed by atoms with Gasteiger partial charge in [0.05, 0.1) is 11.8 Å². The van der Waals surface area contributed by atoms with Gasteiger partial charge in [-0.2, -0.15) is 0 Å². The van der Waals surface area contributed by atoms with Gasteiger partial charge in [0.1, 0.15) is 11.3 Å². The summed E-state index contributed by atoms with van der Waals surface area (Å²) in [6, 6.07) is 13.2. The predicted octanol–water partition coefficient (Wildman–Crippen LogP) is 3.74. The third-order valence-electron chi connectivity index (χ3n) is 3.29. The molecule has 0 aliphatic carbocycles. The number of carboxylic acids is 1. The largest absolute Gasteiger partial charge is 0.481 e. The number of aliphatic carboxylic acids is 1. The first-order chi connectivity index (χ1) is 10.5. The fraction of sp³-hybridized carbons (Fsp3) is 0.0588. The van der Waals surface area contributed by atoms with Crippen LogP contribution in [0.2, 0.25) is 5.02 Å². The highest BCUT2D eigenvalue weighted by molar-refractivity contribution is 6.30. The van der Waals surface area contributed by atoms with Gasteiger partial charge in [-0.1, -0.05) is 35.9 Å². The predicted molar refractivity (Wildman–Crippen MR) is 84.3 cm³/mol. The summed E-state index contributed by atoms with van der Waals surface area (Å²) in [5.41, 5.74) is 1.21. The molecule has 0 aliphatic rings. The van der Waals surface area contributed by atoms with Crippen molar-refractivity contribution in [2.75, 3.05) is 0 Å². The van der Waals surface area contributed by atoms with Crippen LogP contribution in [-0.2, 0) is 11.2 Å². The number of hydrogen-bond donors (Lipinski definition) is 1. The highest BCUT2D eigenvalue weighted by Crippen LogP contribution is 2.26. The van der Waals surface area contributed by atoms with Crippen molar-refractivity contribution in [1.29, 1.82) is 0 Å². The molecule has 0 bridgehead atoms. The minimum Gasteiger partial charge on any atom is -0.481 e. The molecule has 4 nitrogen and oxygen atoms in total. The number of carboxylic acid groups (broad SMARTS) is 1. The lowest BCUT2D eigenvalue weighted by Gasteiger charge is -2.06. The third kappa shape index (κ3) is 2.73. The van der Waals surface area contributed by atoms with Gasteiger partial charge < -0.3 is 9.52 Å². The van der Waals surface area contributed by atoms with Gasteiger partial charge in [0.15, 0.2) is 5.43 Å². The number of para-hydroxylation sites is 1. The summed E-state index contributed by atoms with van der Waals surface area (Å²) in [5, 5.41) is 9.87. The first kappa shape index (κ1) is 14.4. The van der Waals surface area contributed by atoms with Gasteiger partial charge in [-0.05, 0) is 18.2 Å². The molecule has 0 radical (unpaired) electrons. The Labute approximate surface area is 130 Å². The van der Waals surface area contributed by atoms with E-state index in [0.717, 1.165) is 0 Å². The molecule has 0 aliphatic heterocycles. The van der Waals surface area contributed by atoms with Gasteiger partial charge in [0.25, 0.3) is 0 Å². The normalized spacial score (nSPS) is 10.8. The van der Waals surface area contributed by atoms with E-state index in [0.29, 0.717) is 32.9 Å². The standard InChI is InChI=1S/C17H11ClO4/c18-12-5-1-3-10(7-12)15-9-14(19)13-6-2-4-11(8-16(20)21)17(13)22-15/h1-7,9H,8H2,(H,20,21). The van der Waals surface area contributed by atoms with Crippen LogP contribution in [0.1, 0.15) is 5.56 Å². The van der Waals surface area contributed by atoms with E-state index in [1.54, 1.807) is 42.5 Å². The molecule has 1 N–H and O–H groups in total. The second-order valence-corrected chi connectivity index (χ2v) is 5.29. The summed E-state index contributed by atoms with van der Waals surface area (Å²) in [6.45, 7) is 0. The Morgan fingerprint density at radius 1 is 1.14 bits per heavy atom. The van der Waals surface area contributed by atoms with Crippen LogP contribution in [0.3, 0.4) is 0 Å². The Balaban J connectivity index is 2.26. The molecule has 1 heterocycles. The molecule has 0 unspecified atom stereocenters. The van der Waals surface area contributed by atoms with Crippen molar-refractivity contribution >= 4 is 28.5 Å². The van der Waals surface area contributed by atoms with E-state index in [9.17, 15) is 9.59 Å². The zero-order chi connectivity index (χ0) is 15.7. The number of fused-ring (bicyclic) bond motifs is 1. The Morgan fingerprint density at radius 2 is 1.91 bits per heavy atom. The van der Waals surface area contributed by atoms with Crippen molar-refractivity contribution in [2.45, 2.75) is 6.42 Å². The van der Waals surface area contributed by atoms with E-state index in [1.165, 1.54) is 6.07 Å². The SMILES string of the molecule is O=C(O)Cc1cccc2c(=O)cc(-c3cccc(Cl)c3)oc12. The maximum Gasteiger partial charge on any atom is 0.307 e. The Bertz CT molecular complexity index is 927. The van der Waals surface area contributed by atoms with Crippen LogP contribution in [0.15, 0.2) is 57.7 Å².